The Labute approximate surface area is 207 Å². The minimum atomic E-state index is -1.80. The molecule has 6 nitrogen and oxygen atoms in total. The third kappa shape index (κ3) is 3.49. The second-order valence-electron chi connectivity index (χ2n) is 9.84. The molecule has 33 heavy (non-hydrogen) atoms. The lowest BCUT2D eigenvalue weighted by Crippen LogP contribution is -2.44. The second-order valence-corrected chi connectivity index (χ2v) is 17.2. The highest BCUT2D eigenvalue weighted by atomic mass is 127. The van der Waals surface area contributed by atoms with E-state index in [-0.39, 0.29) is 18.6 Å². The number of nitrogens with zero attached hydrogens (tertiary/aromatic N) is 2. The molecule has 172 valence electrons. The van der Waals surface area contributed by atoms with E-state index in [0.29, 0.717) is 23.4 Å². The minimum Gasteiger partial charge on any atom is -0.458 e. The van der Waals surface area contributed by atoms with E-state index in [9.17, 15) is 14.7 Å². The molecule has 5 rings (SSSR count). The highest BCUT2D eigenvalue weighted by molar-refractivity contribution is 14.1. The van der Waals surface area contributed by atoms with Crippen molar-refractivity contribution in [2.45, 2.75) is 57.7 Å². The van der Waals surface area contributed by atoms with Crippen molar-refractivity contribution in [2.75, 3.05) is 4.05 Å². The molecule has 8 heteroatoms. The molecule has 0 saturated carbocycles. The van der Waals surface area contributed by atoms with Crippen LogP contribution < -0.4 is 5.56 Å². The van der Waals surface area contributed by atoms with Gasteiger partial charge in [-0.2, -0.15) is 0 Å². The van der Waals surface area contributed by atoms with Crippen LogP contribution in [-0.2, 0) is 34.7 Å². The number of benzene rings is 1. The lowest BCUT2D eigenvalue weighted by Gasteiger charge is -2.31. The van der Waals surface area contributed by atoms with Gasteiger partial charge in [0.2, 0.25) is 0 Å². The van der Waals surface area contributed by atoms with Gasteiger partial charge in [0.1, 0.15) is 6.61 Å². The molecule has 2 aliphatic rings. The first-order valence-corrected chi connectivity index (χ1v) is 16.3. The molecule has 4 heterocycles. The van der Waals surface area contributed by atoms with Gasteiger partial charge in [-0.1, -0.05) is 66.9 Å². The Morgan fingerprint density at radius 3 is 2.73 bits per heavy atom. The summed E-state index contributed by atoms with van der Waals surface area (Å²) in [6.45, 7) is 6.90. The van der Waals surface area contributed by atoms with Crippen LogP contribution in [0.2, 0.25) is 19.1 Å². The Balaban J connectivity index is 1.74. The van der Waals surface area contributed by atoms with E-state index in [1.807, 2.05) is 18.2 Å². The summed E-state index contributed by atoms with van der Waals surface area (Å²) >= 11 is 2.50. The number of aliphatic hydroxyl groups is 1. The van der Waals surface area contributed by atoms with Gasteiger partial charge in [-0.05, 0) is 34.6 Å². The number of alkyl halides is 1. The van der Waals surface area contributed by atoms with Crippen LogP contribution in [0.15, 0.2) is 35.1 Å². The molecule has 3 aromatic rings. The van der Waals surface area contributed by atoms with Gasteiger partial charge < -0.3 is 14.4 Å². The van der Waals surface area contributed by atoms with Crippen LogP contribution in [0.3, 0.4) is 0 Å². The molecule has 0 aliphatic carbocycles. The summed E-state index contributed by atoms with van der Waals surface area (Å²) < 4.78 is 8.12. The normalized spacial score (nSPS) is 19.2. The number of aryl methyl sites for hydroxylation is 1. The van der Waals surface area contributed by atoms with E-state index >= 15 is 0 Å². The number of ether oxygens (including phenoxy) is 1. The van der Waals surface area contributed by atoms with Gasteiger partial charge in [-0.25, -0.2) is 9.78 Å². The number of rotatable bonds is 5. The SMILES string of the molecule is CC[C@@]1(O)C(=O)OCc2c1cc1n(c2=O)Cc2c-1nc1ccccc1c2CC[Si](C)(C)CI. The Hall–Kier alpha value is -2.04. The first-order chi connectivity index (χ1) is 15.7. The maximum atomic E-state index is 13.5. The van der Waals surface area contributed by atoms with Gasteiger partial charge in [0.25, 0.3) is 5.56 Å². The van der Waals surface area contributed by atoms with Gasteiger partial charge in [-0.3, -0.25) is 4.79 Å². The summed E-state index contributed by atoms with van der Waals surface area (Å²) in [5.74, 6) is -0.696. The average Bonchev–Trinajstić information content (AvgIpc) is 3.18. The second kappa shape index (κ2) is 8.02. The number of aromatic nitrogens is 2. The molecule has 1 N–H and O–H groups in total. The standard InChI is InChI=1S/C25H27IN2O4Si/c1-4-25(31)19-11-21-22-17(12-28(21)23(29)18(19)13-32-24(25)30)15(9-10-33(2,3)14-26)16-7-5-6-8-20(16)27-22/h5-8,11,31H,4,9-10,12-14H2,1-3H3/t25-/m0/s1. The van der Waals surface area contributed by atoms with Crippen molar-refractivity contribution in [3.05, 3.63) is 62.9 Å². The van der Waals surface area contributed by atoms with Crippen LogP contribution in [0.5, 0.6) is 0 Å². The van der Waals surface area contributed by atoms with E-state index in [2.05, 4.69) is 41.8 Å². The van der Waals surface area contributed by atoms with Crippen LogP contribution in [0, 0.1) is 0 Å². The number of pyridine rings is 2. The molecule has 0 amide bonds. The molecule has 0 radical (unpaired) electrons. The summed E-state index contributed by atoms with van der Waals surface area (Å²) in [6, 6.07) is 11.1. The van der Waals surface area contributed by atoms with Gasteiger partial charge in [0.05, 0.1) is 37.1 Å². The highest BCUT2D eigenvalue weighted by Gasteiger charge is 2.45. The van der Waals surface area contributed by atoms with Gasteiger partial charge in [0.15, 0.2) is 5.60 Å². The molecule has 1 aromatic carbocycles. The molecular formula is C25H27IN2O4Si. The van der Waals surface area contributed by atoms with E-state index in [1.165, 1.54) is 9.61 Å². The summed E-state index contributed by atoms with van der Waals surface area (Å²) in [7, 11) is -1.31. The number of para-hydroxylation sites is 1. The molecular weight excluding hydrogens is 547 g/mol. The molecule has 1 atom stereocenters. The number of hydrogen-bond donors (Lipinski definition) is 1. The van der Waals surface area contributed by atoms with Crippen LogP contribution in [0.25, 0.3) is 22.3 Å². The van der Waals surface area contributed by atoms with Gasteiger partial charge >= 0.3 is 5.97 Å². The fourth-order valence-corrected chi connectivity index (χ4v) is 7.13. The number of carbonyl (C=O) groups excluding carboxylic acids is 1. The summed E-state index contributed by atoms with van der Waals surface area (Å²) in [5.41, 5.74) is 3.42. The number of halogens is 1. The van der Waals surface area contributed by atoms with Crippen molar-refractivity contribution in [1.82, 2.24) is 9.55 Å². The number of fused-ring (bicyclic) bond motifs is 5. The largest absolute Gasteiger partial charge is 0.458 e. The number of esters is 1. The van der Waals surface area contributed by atoms with E-state index in [1.54, 1.807) is 17.6 Å². The van der Waals surface area contributed by atoms with Gasteiger partial charge in [0, 0.05) is 16.5 Å². The molecule has 0 fully saturated rings. The summed E-state index contributed by atoms with van der Waals surface area (Å²) in [4.78, 5) is 30.9. The first kappa shape index (κ1) is 22.7. The third-order valence-electron chi connectivity index (χ3n) is 7.13. The van der Waals surface area contributed by atoms with Crippen molar-refractivity contribution in [3.63, 3.8) is 0 Å². The monoisotopic (exact) mass is 574 g/mol. The fraction of sp³-hybridized carbons (Fsp3) is 0.400. The topological polar surface area (TPSA) is 81.4 Å². The van der Waals surface area contributed by atoms with Gasteiger partial charge in [-0.15, -0.1) is 0 Å². The Kier molecular flexibility index (Phi) is 5.53. The fourth-order valence-electron chi connectivity index (χ4n) is 4.93. The molecule has 2 aliphatic heterocycles. The molecule has 0 unspecified atom stereocenters. The smallest absolute Gasteiger partial charge is 0.343 e. The highest BCUT2D eigenvalue weighted by Crippen LogP contribution is 2.40. The van der Waals surface area contributed by atoms with E-state index < -0.39 is 19.6 Å². The lowest BCUT2D eigenvalue weighted by molar-refractivity contribution is -0.172. The minimum absolute atomic E-state index is 0.107. The quantitative estimate of drug-likeness (QED) is 0.166. The van der Waals surface area contributed by atoms with Crippen molar-refractivity contribution < 1.29 is 14.6 Å². The van der Waals surface area contributed by atoms with Crippen molar-refractivity contribution in [3.8, 4) is 11.4 Å². The summed E-state index contributed by atoms with van der Waals surface area (Å²) in [6.07, 6.45) is 1.09. The molecule has 2 aromatic heterocycles. The summed E-state index contributed by atoms with van der Waals surface area (Å²) in [5, 5.41) is 12.2. The predicted molar refractivity (Wildman–Crippen MR) is 139 cm³/mol. The molecule has 0 bridgehead atoms. The number of carbonyl (C=O) groups is 1. The van der Waals surface area contributed by atoms with Crippen molar-refractivity contribution in [1.29, 1.82) is 0 Å². The van der Waals surface area contributed by atoms with Crippen LogP contribution in [0.4, 0.5) is 0 Å². The average molecular weight is 574 g/mol. The van der Waals surface area contributed by atoms with Crippen LogP contribution >= 0.6 is 22.6 Å². The molecule has 0 saturated heterocycles. The lowest BCUT2D eigenvalue weighted by atomic mass is 9.86. The number of cyclic esters (lactones) is 1. The van der Waals surface area contributed by atoms with Crippen molar-refractivity contribution >= 4 is 47.5 Å². The van der Waals surface area contributed by atoms with Crippen LogP contribution in [0.1, 0.15) is 35.6 Å². The maximum absolute atomic E-state index is 13.5. The van der Waals surface area contributed by atoms with E-state index in [4.69, 9.17) is 9.72 Å². The zero-order chi connectivity index (χ0) is 23.5. The van der Waals surface area contributed by atoms with Crippen LogP contribution in [-0.4, -0.2) is 32.8 Å². The zero-order valence-electron chi connectivity index (χ0n) is 19.1. The first-order valence-electron chi connectivity index (χ1n) is 11.3. The Bertz CT molecular complexity index is 1370. The Morgan fingerprint density at radius 1 is 1.24 bits per heavy atom. The Morgan fingerprint density at radius 2 is 2.00 bits per heavy atom. The van der Waals surface area contributed by atoms with Crippen molar-refractivity contribution in [2.24, 2.45) is 0 Å². The predicted octanol–water partition coefficient (Wildman–Crippen LogP) is 4.30. The zero-order valence-corrected chi connectivity index (χ0v) is 22.2. The number of hydrogen-bond acceptors (Lipinski definition) is 5. The maximum Gasteiger partial charge on any atom is 0.343 e. The van der Waals surface area contributed by atoms with E-state index in [0.717, 1.165) is 34.6 Å². The molecule has 0 spiro atoms. The third-order valence-corrected chi connectivity index (χ3v) is 15.6.